The first-order chi connectivity index (χ1) is 6.65. The lowest BCUT2D eigenvalue weighted by atomic mass is 10.2. The Morgan fingerprint density at radius 3 is 3.07 bits per heavy atom. The zero-order valence-corrected chi connectivity index (χ0v) is 8.90. The van der Waals surface area contributed by atoms with Crippen molar-refractivity contribution in [2.45, 2.75) is 12.1 Å². The van der Waals surface area contributed by atoms with Gasteiger partial charge in [0.15, 0.2) is 5.16 Å². The van der Waals surface area contributed by atoms with Crippen LogP contribution in [-0.4, -0.2) is 31.6 Å². The minimum absolute atomic E-state index is 0.0155. The summed E-state index contributed by atoms with van der Waals surface area (Å²) >= 11 is 1.52. The first kappa shape index (κ1) is 10.8. The summed E-state index contributed by atoms with van der Waals surface area (Å²) in [5, 5.41) is 19.9. The first-order valence-electron chi connectivity index (χ1n) is 4.09. The van der Waals surface area contributed by atoms with Crippen LogP contribution >= 0.6 is 11.8 Å². The predicted octanol–water partition coefficient (Wildman–Crippen LogP) is 0.290. The molecule has 0 aliphatic rings. The molecule has 14 heavy (non-hydrogen) atoms. The maximum absolute atomic E-state index is 8.44. The smallest absolute Gasteiger partial charge is 0.190 e. The van der Waals surface area contributed by atoms with Gasteiger partial charge in [-0.1, -0.05) is 23.8 Å². The molecule has 0 fully saturated rings. The van der Waals surface area contributed by atoms with Crippen LogP contribution in [0, 0.1) is 5.92 Å². The molecule has 1 heterocycles. The van der Waals surface area contributed by atoms with E-state index in [1.807, 2.05) is 18.5 Å². The highest BCUT2D eigenvalue weighted by Crippen LogP contribution is 2.17. The van der Waals surface area contributed by atoms with E-state index in [2.05, 4.69) is 15.4 Å². The molecule has 78 valence electrons. The molecule has 1 rings (SSSR count). The van der Waals surface area contributed by atoms with Crippen LogP contribution in [0.1, 0.15) is 6.92 Å². The Labute approximate surface area is 86.2 Å². The average Bonchev–Trinajstić information content (AvgIpc) is 2.59. The zero-order valence-electron chi connectivity index (χ0n) is 8.08. The standard InChI is InChI=1S/C7H13N5OS/c1-5(6(8)11-13)3-14-7-10-9-4-12(7)2/h4-5,13H,3H2,1-2H3,(H2,8,11). The van der Waals surface area contributed by atoms with Gasteiger partial charge in [0, 0.05) is 18.7 Å². The fraction of sp³-hybridized carbons (Fsp3) is 0.571. The molecule has 0 aliphatic heterocycles. The zero-order chi connectivity index (χ0) is 10.6. The Bertz CT molecular complexity index is 324. The minimum Gasteiger partial charge on any atom is -0.409 e. The van der Waals surface area contributed by atoms with Gasteiger partial charge in [-0.3, -0.25) is 0 Å². The quantitative estimate of drug-likeness (QED) is 0.248. The maximum atomic E-state index is 8.44. The van der Waals surface area contributed by atoms with Crippen molar-refractivity contribution in [3.05, 3.63) is 6.33 Å². The summed E-state index contributed by atoms with van der Waals surface area (Å²) in [7, 11) is 1.87. The number of hydrogen-bond acceptors (Lipinski definition) is 5. The molecule has 1 unspecified atom stereocenters. The molecule has 0 amide bonds. The molecule has 0 saturated carbocycles. The molecule has 0 bridgehead atoms. The van der Waals surface area contributed by atoms with E-state index in [-0.39, 0.29) is 11.8 Å². The summed E-state index contributed by atoms with van der Waals surface area (Å²) in [6, 6.07) is 0. The van der Waals surface area contributed by atoms with Crippen molar-refractivity contribution < 1.29 is 5.21 Å². The van der Waals surface area contributed by atoms with Crippen molar-refractivity contribution in [3.8, 4) is 0 Å². The van der Waals surface area contributed by atoms with E-state index >= 15 is 0 Å². The van der Waals surface area contributed by atoms with E-state index in [4.69, 9.17) is 10.9 Å². The van der Waals surface area contributed by atoms with Crippen LogP contribution < -0.4 is 5.73 Å². The van der Waals surface area contributed by atoms with E-state index < -0.39 is 0 Å². The Morgan fingerprint density at radius 1 is 1.86 bits per heavy atom. The van der Waals surface area contributed by atoms with Gasteiger partial charge >= 0.3 is 0 Å². The highest BCUT2D eigenvalue weighted by molar-refractivity contribution is 7.99. The van der Waals surface area contributed by atoms with E-state index in [0.29, 0.717) is 5.75 Å². The van der Waals surface area contributed by atoms with Crippen LogP contribution in [0.3, 0.4) is 0 Å². The van der Waals surface area contributed by atoms with Crippen LogP contribution in [0.25, 0.3) is 0 Å². The van der Waals surface area contributed by atoms with E-state index in [1.54, 1.807) is 6.33 Å². The van der Waals surface area contributed by atoms with Gasteiger partial charge in [0.25, 0.3) is 0 Å². The van der Waals surface area contributed by atoms with Crippen LogP contribution in [0.2, 0.25) is 0 Å². The summed E-state index contributed by atoms with van der Waals surface area (Å²) in [5.41, 5.74) is 5.44. The fourth-order valence-electron chi connectivity index (χ4n) is 0.787. The molecule has 1 atom stereocenters. The number of nitrogens with zero attached hydrogens (tertiary/aromatic N) is 4. The van der Waals surface area contributed by atoms with Gasteiger partial charge in [-0.2, -0.15) is 0 Å². The number of amidine groups is 1. The number of aryl methyl sites for hydroxylation is 1. The van der Waals surface area contributed by atoms with Crippen LogP contribution in [0.15, 0.2) is 16.6 Å². The lowest BCUT2D eigenvalue weighted by Crippen LogP contribution is -2.23. The molecule has 0 saturated heterocycles. The number of aromatic nitrogens is 3. The summed E-state index contributed by atoms with van der Waals surface area (Å²) in [4.78, 5) is 0. The van der Waals surface area contributed by atoms with Crippen LogP contribution in [0.4, 0.5) is 0 Å². The third kappa shape index (κ3) is 2.63. The second-order valence-corrected chi connectivity index (χ2v) is 3.95. The van der Waals surface area contributed by atoms with Gasteiger partial charge in [-0.25, -0.2) is 0 Å². The van der Waals surface area contributed by atoms with Gasteiger partial charge in [0.2, 0.25) is 0 Å². The van der Waals surface area contributed by atoms with E-state index in [1.165, 1.54) is 11.8 Å². The Hall–Kier alpha value is -1.24. The number of oxime groups is 1. The van der Waals surface area contributed by atoms with Gasteiger partial charge in [-0.15, -0.1) is 10.2 Å². The van der Waals surface area contributed by atoms with Crippen molar-refractivity contribution in [3.63, 3.8) is 0 Å². The molecule has 6 nitrogen and oxygen atoms in total. The molecule has 7 heteroatoms. The fourth-order valence-corrected chi connectivity index (χ4v) is 1.71. The average molecular weight is 215 g/mol. The van der Waals surface area contributed by atoms with Gasteiger partial charge < -0.3 is 15.5 Å². The third-order valence-electron chi connectivity index (χ3n) is 1.75. The van der Waals surface area contributed by atoms with Crippen molar-refractivity contribution in [2.24, 2.45) is 23.9 Å². The number of rotatable bonds is 4. The second kappa shape index (κ2) is 4.85. The summed E-state index contributed by atoms with van der Waals surface area (Å²) < 4.78 is 1.82. The van der Waals surface area contributed by atoms with E-state index in [0.717, 1.165) is 5.16 Å². The summed E-state index contributed by atoms with van der Waals surface area (Å²) in [5.74, 6) is 0.962. The highest BCUT2D eigenvalue weighted by Gasteiger charge is 2.10. The molecule has 3 N–H and O–H groups in total. The summed E-state index contributed by atoms with van der Waals surface area (Å²) in [6.45, 7) is 1.89. The van der Waals surface area contributed by atoms with Crippen LogP contribution in [0.5, 0.6) is 0 Å². The van der Waals surface area contributed by atoms with Gasteiger partial charge in [0.05, 0.1) is 0 Å². The number of thioether (sulfide) groups is 1. The molecule has 0 aliphatic carbocycles. The molecule has 0 aromatic carbocycles. The topological polar surface area (TPSA) is 89.3 Å². The molecule has 1 aromatic rings. The third-order valence-corrected chi connectivity index (χ3v) is 3.05. The predicted molar refractivity (Wildman–Crippen MR) is 54.3 cm³/mol. The van der Waals surface area contributed by atoms with Crippen molar-refractivity contribution in [1.82, 2.24) is 14.8 Å². The van der Waals surface area contributed by atoms with Gasteiger partial charge in [-0.05, 0) is 0 Å². The molecule has 0 radical (unpaired) electrons. The monoisotopic (exact) mass is 215 g/mol. The maximum Gasteiger partial charge on any atom is 0.190 e. The lowest BCUT2D eigenvalue weighted by molar-refractivity contribution is 0.315. The van der Waals surface area contributed by atoms with Gasteiger partial charge in [0.1, 0.15) is 12.2 Å². The number of hydrogen-bond donors (Lipinski definition) is 2. The number of nitrogens with two attached hydrogens (primary N) is 1. The minimum atomic E-state index is 0.0155. The Kier molecular flexibility index (Phi) is 3.75. The summed E-state index contributed by atoms with van der Waals surface area (Å²) in [6.07, 6.45) is 1.64. The molecule has 0 spiro atoms. The lowest BCUT2D eigenvalue weighted by Gasteiger charge is -2.07. The van der Waals surface area contributed by atoms with Crippen molar-refractivity contribution in [1.29, 1.82) is 0 Å². The first-order valence-corrected chi connectivity index (χ1v) is 5.08. The molecular weight excluding hydrogens is 202 g/mol. The Morgan fingerprint density at radius 2 is 2.57 bits per heavy atom. The van der Waals surface area contributed by atoms with E-state index in [9.17, 15) is 0 Å². The normalized spacial score (nSPS) is 14.3. The van der Waals surface area contributed by atoms with Crippen LogP contribution in [-0.2, 0) is 7.05 Å². The second-order valence-electron chi connectivity index (χ2n) is 2.96. The Balaban J connectivity index is 2.45. The SMILES string of the molecule is CC(CSc1nncn1C)/C(N)=N/O. The van der Waals surface area contributed by atoms with Crippen molar-refractivity contribution in [2.75, 3.05) is 5.75 Å². The van der Waals surface area contributed by atoms with Crippen molar-refractivity contribution >= 4 is 17.6 Å². The molecular formula is C7H13N5OS. The highest BCUT2D eigenvalue weighted by atomic mass is 32.2. The largest absolute Gasteiger partial charge is 0.409 e. The molecule has 1 aromatic heterocycles.